The molecule has 11 heteroatoms. The zero-order valence-electron chi connectivity index (χ0n) is 20.4. The van der Waals surface area contributed by atoms with Crippen LogP contribution in [0.4, 0.5) is 0 Å². The highest BCUT2D eigenvalue weighted by Crippen LogP contribution is 2.16. The lowest BCUT2D eigenvalue weighted by molar-refractivity contribution is 0.0943. The molecule has 200 valence electrons. The number of benzene rings is 4. The van der Waals surface area contributed by atoms with Crippen LogP contribution in [-0.4, -0.2) is 44.7 Å². The van der Waals surface area contributed by atoms with Crippen molar-refractivity contribution in [2.45, 2.75) is 0 Å². The molecule has 4 rings (SSSR count). The highest BCUT2D eigenvalue weighted by molar-refractivity contribution is 5.97. The van der Waals surface area contributed by atoms with E-state index in [1.807, 2.05) is 5.43 Å². The summed E-state index contributed by atoms with van der Waals surface area (Å²) in [5.74, 6) is 3.76. The number of hydrogen-bond acceptors (Lipinski definition) is 9. The van der Waals surface area contributed by atoms with Crippen molar-refractivity contribution < 1.29 is 34.8 Å². The predicted molar refractivity (Wildman–Crippen MR) is 145 cm³/mol. The molecule has 11 nitrogen and oxygen atoms in total. The van der Waals surface area contributed by atoms with Crippen LogP contribution in [0.15, 0.2) is 102 Å². The number of hydrazone groups is 1. The molecule has 2 amide bonds. The number of aldehydes is 1. The molecule has 0 saturated carbocycles. The topological polar surface area (TPSA) is 195 Å². The van der Waals surface area contributed by atoms with Gasteiger partial charge >= 0.3 is 0 Å². The van der Waals surface area contributed by atoms with Crippen molar-refractivity contribution in [2.75, 3.05) is 0 Å². The summed E-state index contributed by atoms with van der Waals surface area (Å²) in [5, 5.41) is 40.7. The predicted octanol–water partition coefficient (Wildman–Crippen LogP) is 3.06. The van der Waals surface area contributed by atoms with Crippen molar-refractivity contribution in [1.82, 2.24) is 10.9 Å². The average molecular weight is 531 g/mol. The van der Waals surface area contributed by atoms with Gasteiger partial charge in [0.2, 0.25) is 0 Å². The van der Waals surface area contributed by atoms with Gasteiger partial charge in [0.1, 0.15) is 23.0 Å². The summed E-state index contributed by atoms with van der Waals surface area (Å²) < 4.78 is 0. The first-order valence-corrected chi connectivity index (χ1v) is 11.2. The van der Waals surface area contributed by atoms with Crippen molar-refractivity contribution >= 4 is 24.3 Å². The summed E-state index contributed by atoms with van der Waals surface area (Å²) in [5.41, 5.74) is 5.33. The van der Waals surface area contributed by atoms with E-state index in [1.165, 1.54) is 42.6 Å². The Kier molecular flexibility index (Phi) is 11.7. The van der Waals surface area contributed by atoms with Gasteiger partial charge < -0.3 is 20.4 Å². The number of nitrogens with one attached hydrogen (secondary N) is 2. The fourth-order valence-electron chi connectivity index (χ4n) is 2.81. The normalized spacial score (nSPS) is 9.77. The fourth-order valence-corrected chi connectivity index (χ4v) is 2.81. The molecule has 0 bridgehead atoms. The molecule has 0 unspecified atom stereocenters. The van der Waals surface area contributed by atoms with Gasteiger partial charge in [0.15, 0.2) is 6.29 Å². The highest BCUT2D eigenvalue weighted by atomic mass is 16.3. The number of nitrogen functional groups attached to an aromatic ring is 1. The third-order valence-corrected chi connectivity index (χ3v) is 4.80. The summed E-state index contributed by atoms with van der Waals surface area (Å²) in [7, 11) is 0. The quantitative estimate of drug-likeness (QED) is 0.0672. The van der Waals surface area contributed by atoms with Crippen molar-refractivity contribution in [1.29, 1.82) is 0 Å². The second-order valence-electron chi connectivity index (χ2n) is 7.44. The second-order valence-corrected chi connectivity index (χ2v) is 7.44. The zero-order valence-corrected chi connectivity index (χ0v) is 20.4. The van der Waals surface area contributed by atoms with Crippen molar-refractivity contribution in [3.8, 4) is 23.0 Å². The zero-order chi connectivity index (χ0) is 28.6. The minimum absolute atomic E-state index is 0.0347. The van der Waals surface area contributed by atoms with Crippen molar-refractivity contribution in [2.24, 2.45) is 10.9 Å². The number of amides is 2. The number of nitrogens with two attached hydrogens (primary N) is 1. The van der Waals surface area contributed by atoms with Crippen LogP contribution >= 0.6 is 0 Å². The summed E-state index contributed by atoms with van der Waals surface area (Å²) in [6.45, 7) is 0. The van der Waals surface area contributed by atoms with E-state index in [1.54, 1.807) is 60.7 Å². The van der Waals surface area contributed by atoms with Crippen LogP contribution in [0.3, 0.4) is 0 Å². The van der Waals surface area contributed by atoms with Gasteiger partial charge in [0, 0.05) is 5.56 Å². The molecule has 0 heterocycles. The van der Waals surface area contributed by atoms with Gasteiger partial charge in [0.05, 0.1) is 22.9 Å². The Morgan fingerprint density at radius 1 is 0.615 bits per heavy atom. The Balaban J connectivity index is 0.000000226. The van der Waals surface area contributed by atoms with E-state index in [0.29, 0.717) is 17.4 Å². The lowest BCUT2D eigenvalue weighted by Gasteiger charge is -2.02. The van der Waals surface area contributed by atoms with E-state index in [-0.39, 0.29) is 34.1 Å². The Morgan fingerprint density at radius 2 is 1.03 bits per heavy atom. The Hall–Kier alpha value is -5.68. The molecule has 0 fully saturated rings. The van der Waals surface area contributed by atoms with E-state index < -0.39 is 11.8 Å². The molecule has 0 aliphatic heterocycles. The largest absolute Gasteiger partial charge is 0.507 e. The SMILES string of the molecule is NNC(=O)c1ccccc1O.O=C(N/N=C/c1ccccc1O)c1ccccc1O.O=Cc1ccccc1O. The number of carbonyl (C=O) groups excluding carboxylic acids is 3. The van der Waals surface area contributed by atoms with Crippen LogP contribution in [0.2, 0.25) is 0 Å². The molecular formula is C28H26N4O7. The third kappa shape index (κ3) is 9.37. The smallest absolute Gasteiger partial charge is 0.275 e. The van der Waals surface area contributed by atoms with Crippen molar-refractivity contribution in [3.05, 3.63) is 119 Å². The molecule has 0 radical (unpaired) electrons. The van der Waals surface area contributed by atoms with Gasteiger partial charge in [-0.2, -0.15) is 5.10 Å². The maximum atomic E-state index is 11.7. The first-order valence-electron chi connectivity index (χ1n) is 11.2. The minimum Gasteiger partial charge on any atom is -0.507 e. The number of phenolic OH excluding ortho intramolecular Hbond substituents is 4. The molecule has 4 aromatic carbocycles. The van der Waals surface area contributed by atoms with E-state index in [2.05, 4.69) is 10.5 Å². The highest BCUT2D eigenvalue weighted by Gasteiger charge is 2.08. The maximum Gasteiger partial charge on any atom is 0.275 e. The van der Waals surface area contributed by atoms with Gasteiger partial charge in [-0.05, 0) is 48.5 Å². The van der Waals surface area contributed by atoms with E-state index in [4.69, 9.17) is 16.1 Å². The van der Waals surface area contributed by atoms with Crippen LogP contribution in [0.25, 0.3) is 0 Å². The lowest BCUT2D eigenvalue weighted by Crippen LogP contribution is -2.29. The third-order valence-electron chi connectivity index (χ3n) is 4.80. The molecule has 0 saturated heterocycles. The lowest BCUT2D eigenvalue weighted by atomic mass is 10.2. The summed E-state index contributed by atoms with van der Waals surface area (Å²) in [6.07, 6.45) is 1.95. The number of aromatic hydroxyl groups is 4. The maximum absolute atomic E-state index is 11.7. The number of carbonyl (C=O) groups is 3. The number of phenols is 4. The number of rotatable bonds is 5. The van der Waals surface area contributed by atoms with Gasteiger partial charge in [-0.15, -0.1) is 0 Å². The Bertz CT molecular complexity index is 1440. The first kappa shape index (κ1) is 29.5. The molecule has 4 aromatic rings. The second kappa shape index (κ2) is 15.4. The van der Waals surface area contributed by atoms with Crippen molar-refractivity contribution in [3.63, 3.8) is 0 Å². The minimum atomic E-state index is -0.523. The molecule has 8 N–H and O–H groups in total. The fraction of sp³-hybridized carbons (Fsp3) is 0. The van der Waals surface area contributed by atoms with Gasteiger partial charge in [-0.25, -0.2) is 11.3 Å². The monoisotopic (exact) mass is 530 g/mol. The molecular weight excluding hydrogens is 504 g/mol. The average Bonchev–Trinajstić information content (AvgIpc) is 2.95. The molecule has 0 aliphatic rings. The number of hydrazine groups is 1. The number of hydrogen-bond donors (Lipinski definition) is 7. The van der Waals surface area contributed by atoms with Crippen LogP contribution in [0.1, 0.15) is 36.6 Å². The van der Waals surface area contributed by atoms with Gasteiger partial charge in [0.25, 0.3) is 11.8 Å². The Labute approximate surface area is 223 Å². The van der Waals surface area contributed by atoms with Crippen LogP contribution in [-0.2, 0) is 0 Å². The Morgan fingerprint density at radius 3 is 1.44 bits per heavy atom. The van der Waals surface area contributed by atoms with Crippen LogP contribution in [0.5, 0.6) is 23.0 Å². The summed E-state index contributed by atoms with van der Waals surface area (Å²) in [6, 6.07) is 25.4. The molecule has 0 aliphatic carbocycles. The van der Waals surface area contributed by atoms with Gasteiger partial charge in [-0.3, -0.25) is 19.8 Å². The van der Waals surface area contributed by atoms with E-state index in [0.717, 1.165) is 0 Å². The molecule has 0 spiro atoms. The number of nitrogens with zero attached hydrogens (tertiary/aromatic N) is 1. The summed E-state index contributed by atoms with van der Waals surface area (Å²) >= 11 is 0. The van der Waals surface area contributed by atoms with E-state index in [9.17, 15) is 24.6 Å². The summed E-state index contributed by atoms with van der Waals surface area (Å²) in [4.78, 5) is 32.6. The van der Waals surface area contributed by atoms with Gasteiger partial charge in [-0.1, -0.05) is 48.5 Å². The first-order chi connectivity index (χ1) is 18.8. The van der Waals surface area contributed by atoms with Crippen LogP contribution in [0, 0.1) is 0 Å². The van der Waals surface area contributed by atoms with E-state index >= 15 is 0 Å². The van der Waals surface area contributed by atoms with Crippen LogP contribution < -0.4 is 16.7 Å². The molecule has 0 aromatic heterocycles. The number of para-hydroxylation sites is 4. The molecule has 39 heavy (non-hydrogen) atoms. The molecule has 0 atom stereocenters. The standard InChI is InChI=1S/C14H12N2O3.C7H8N2O2.C7H6O2/c17-12-7-3-1-5-10(12)9-15-16-14(19)11-6-2-4-8-13(11)18;8-9-7(11)5-3-1-2-4-6(5)10;8-5-6-3-1-2-4-7(6)9/h1-9,17-18H,(H,16,19);1-4,10H,8H2,(H,9,11);1-5,9H/b15-9+;;.